The average molecular weight is 278 g/mol. The van der Waals surface area contributed by atoms with Gasteiger partial charge in [0.25, 0.3) is 0 Å². The lowest BCUT2D eigenvalue weighted by Crippen LogP contribution is -2.19. The zero-order valence-electron chi connectivity index (χ0n) is 11.8. The lowest BCUT2D eigenvalue weighted by molar-refractivity contribution is -0.146. The predicted octanol–water partition coefficient (Wildman–Crippen LogP) is 1.81. The summed E-state index contributed by atoms with van der Waals surface area (Å²) in [5.74, 6) is -1.45. The van der Waals surface area contributed by atoms with Gasteiger partial charge in [-0.3, -0.25) is 4.98 Å². The molecule has 0 fully saturated rings. The molecular weight excluding hydrogens is 260 g/mol. The van der Waals surface area contributed by atoms with Crippen molar-refractivity contribution in [3.05, 3.63) is 35.8 Å². The number of carbonyl (C=O) groups excluding carboxylic acids is 2. The summed E-state index contributed by atoms with van der Waals surface area (Å²) in [6.07, 6.45) is 2.86. The first-order chi connectivity index (χ1) is 9.58. The summed E-state index contributed by atoms with van der Waals surface area (Å²) in [6.45, 7) is 5.56. The van der Waals surface area contributed by atoms with Crippen LogP contribution in [0.2, 0.25) is 0 Å². The van der Waals surface area contributed by atoms with Gasteiger partial charge in [-0.2, -0.15) is 0 Å². The third-order valence-corrected chi connectivity index (χ3v) is 2.29. The number of nitrogens with one attached hydrogen (secondary N) is 1. The number of anilines is 1. The topological polar surface area (TPSA) is 77.5 Å². The molecule has 0 aliphatic carbocycles. The summed E-state index contributed by atoms with van der Waals surface area (Å²) in [5, 5.41) is 2.82. The second-order valence-corrected chi connectivity index (χ2v) is 3.83. The van der Waals surface area contributed by atoms with E-state index in [1.165, 1.54) is 6.20 Å². The molecule has 108 valence electrons. The van der Waals surface area contributed by atoms with E-state index in [4.69, 9.17) is 9.47 Å². The maximum atomic E-state index is 11.7. The van der Waals surface area contributed by atoms with Gasteiger partial charge in [0, 0.05) is 11.9 Å². The van der Waals surface area contributed by atoms with Crippen LogP contribution in [0.25, 0.3) is 0 Å². The SMILES string of the molecule is CCOC(=O)C(=CNc1ccc(C)nc1)C(=O)OCC. The molecule has 0 aliphatic heterocycles. The lowest BCUT2D eigenvalue weighted by atomic mass is 10.3. The first kappa shape index (κ1) is 15.7. The molecule has 0 amide bonds. The van der Waals surface area contributed by atoms with Crippen molar-refractivity contribution in [3.8, 4) is 0 Å². The van der Waals surface area contributed by atoms with Gasteiger partial charge in [-0.05, 0) is 32.9 Å². The molecule has 0 radical (unpaired) electrons. The minimum absolute atomic E-state index is 0.182. The van der Waals surface area contributed by atoms with Gasteiger partial charge in [-0.15, -0.1) is 0 Å². The molecule has 0 atom stereocenters. The van der Waals surface area contributed by atoms with E-state index >= 15 is 0 Å². The van der Waals surface area contributed by atoms with E-state index in [-0.39, 0.29) is 18.8 Å². The molecule has 1 N–H and O–H groups in total. The largest absolute Gasteiger partial charge is 0.462 e. The Bertz CT molecular complexity index is 474. The van der Waals surface area contributed by atoms with Crippen LogP contribution in [0.4, 0.5) is 5.69 Å². The summed E-state index contributed by atoms with van der Waals surface area (Å²) in [4.78, 5) is 27.5. The van der Waals surface area contributed by atoms with E-state index in [1.807, 2.05) is 13.0 Å². The smallest absolute Gasteiger partial charge is 0.347 e. The monoisotopic (exact) mass is 278 g/mol. The Kier molecular flexibility index (Phi) is 6.22. The highest BCUT2D eigenvalue weighted by molar-refractivity contribution is 6.14. The van der Waals surface area contributed by atoms with Crippen molar-refractivity contribution >= 4 is 17.6 Å². The Morgan fingerprint density at radius 1 is 1.20 bits per heavy atom. The highest BCUT2D eigenvalue weighted by Gasteiger charge is 2.20. The van der Waals surface area contributed by atoms with Crippen LogP contribution in [-0.2, 0) is 19.1 Å². The zero-order chi connectivity index (χ0) is 15.0. The van der Waals surface area contributed by atoms with Crippen molar-refractivity contribution in [1.82, 2.24) is 4.98 Å². The molecule has 6 nitrogen and oxygen atoms in total. The van der Waals surface area contributed by atoms with Gasteiger partial charge in [0.05, 0.1) is 25.1 Å². The van der Waals surface area contributed by atoms with Crippen molar-refractivity contribution in [1.29, 1.82) is 0 Å². The van der Waals surface area contributed by atoms with Crippen LogP contribution in [0.3, 0.4) is 0 Å². The van der Waals surface area contributed by atoms with Crippen molar-refractivity contribution in [3.63, 3.8) is 0 Å². The summed E-state index contributed by atoms with van der Waals surface area (Å²) in [6, 6.07) is 3.59. The summed E-state index contributed by atoms with van der Waals surface area (Å²) >= 11 is 0. The van der Waals surface area contributed by atoms with Crippen LogP contribution < -0.4 is 5.32 Å². The number of ether oxygens (including phenoxy) is 2. The van der Waals surface area contributed by atoms with Gasteiger partial charge in [0.15, 0.2) is 5.57 Å². The fourth-order valence-corrected chi connectivity index (χ4v) is 1.33. The number of hydrogen-bond donors (Lipinski definition) is 1. The van der Waals surface area contributed by atoms with Gasteiger partial charge in [0.2, 0.25) is 0 Å². The summed E-state index contributed by atoms with van der Waals surface area (Å²) in [5.41, 5.74) is 1.34. The molecule has 0 bridgehead atoms. The van der Waals surface area contributed by atoms with Crippen LogP contribution in [0.5, 0.6) is 0 Å². The molecule has 0 saturated carbocycles. The normalized spacial score (nSPS) is 9.55. The Hall–Kier alpha value is -2.37. The molecule has 0 aromatic carbocycles. The molecule has 0 aliphatic rings. The molecule has 6 heteroatoms. The van der Waals surface area contributed by atoms with E-state index < -0.39 is 11.9 Å². The fraction of sp³-hybridized carbons (Fsp3) is 0.357. The second-order valence-electron chi connectivity index (χ2n) is 3.83. The van der Waals surface area contributed by atoms with Crippen LogP contribution in [-0.4, -0.2) is 30.1 Å². The second kappa shape index (κ2) is 7.93. The van der Waals surface area contributed by atoms with Crippen molar-refractivity contribution < 1.29 is 19.1 Å². The summed E-state index contributed by atoms with van der Waals surface area (Å²) < 4.78 is 9.63. The Balaban J connectivity index is 2.86. The minimum Gasteiger partial charge on any atom is -0.462 e. The van der Waals surface area contributed by atoms with Gasteiger partial charge in [-0.25, -0.2) is 9.59 Å². The van der Waals surface area contributed by atoms with Gasteiger partial charge in [-0.1, -0.05) is 0 Å². The molecule has 0 spiro atoms. The van der Waals surface area contributed by atoms with Crippen molar-refractivity contribution in [2.45, 2.75) is 20.8 Å². The molecule has 0 unspecified atom stereocenters. The Labute approximate surface area is 117 Å². The number of nitrogens with zero attached hydrogens (tertiary/aromatic N) is 1. The number of carbonyl (C=O) groups is 2. The van der Waals surface area contributed by atoms with E-state index in [0.29, 0.717) is 5.69 Å². The highest BCUT2D eigenvalue weighted by atomic mass is 16.6. The minimum atomic E-state index is -0.724. The third-order valence-electron chi connectivity index (χ3n) is 2.29. The number of hydrogen-bond acceptors (Lipinski definition) is 6. The van der Waals surface area contributed by atoms with Crippen LogP contribution >= 0.6 is 0 Å². The number of rotatable bonds is 6. The quantitative estimate of drug-likeness (QED) is 0.370. The van der Waals surface area contributed by atoms with E-state index in [0.717, 1.165) is 5.69 Å². The predicted molar refractivity (Wildman–Crippen MR) is 73.9 cm³/mol. The van der Waals surface area contributed by atoms with Crippen molar-refractivity contribution in [2.24, 2.45) is 0 Å². The Morgan fingerprint density at radius 3 is 2.25 bits per heavy atom. The average Bonchev–Trinajstić information content (AvgIpc) is 2.42. The summed E-state index contributed by atoms with van der Waals surface area (Å²) in [7, 11) is 0. The molecule has 1 aromatic heterocycles. The molecule has 20 heavy (non-hydrogen) atoms. The van der Waals surface area contributed by atoms with Gasteiger partial charge in [0.1, 0.15) is 0 Å². The maximum Gasteiger partial charge on any atom is 0.347 e. The molecule has 1 rings (SSSR count). The number of aromatic nitrogens is 1. The standard InChI is InChI=1S/C14H18N2O4/c1-4-19-13(17)12(14(18)20-5-2)9-16-11-7-6-10(3)15-8-11/h6-9,16H,4-5H2,1-3H3. The lowest BCUT2D eigenvalue weighted by Gasteiger charge is -2.07. The van der Waals surface area contributed by atoms with E-state index in [9.17, 15) is 9.59 Å². The van der Waals surface area contributed by atoms with E-state index in [2.05, 4.69) is 10.3 Å². The third kappa shape index (κ3) is 4.72. The highest BCUT2D eigenvalue weighted by Crippen LogP contribution is 2.08. The molecule has 1 aromatic rings. The van der Waals surface area contributed by atoms with Crippen LogP contribution in [0.15, 0.2) is 30.1 Å². The zero-order valence-corrected chi connectivity index (χ0v) is 11.8. The van der Waals surface area contributed by atoms with E-state index in [1.54, 1.807) is 26.1 Å². The molecular formula is C14H18N2O4. The first-order valence-corrected chi connectivity index (χ1v) is 6.32. The number of esters is 2. The maximum absolute atomic E-state index is 11.7. The first-order valence-electron chi connectivity index (χ1n) is 6.32. The van der Waals surface area contributed by atoms with Crippen LogP contribution in [0.1, 0.15) is 19.5 Å². The van der Waals surface area contributed by atoms with Crippen LogP contribution in [0, 0.1) is 6.92 Å². The molecule has 1 heterocycles. The molecule has 0 saturated heterocycles. The fourth-order valence-electron chi connectivity index (χ4n) is 1.33. The van der Waals surface area contributed by atoms with Gasteiger partial charge >= 0.3 is 11.9 Å². The Morgan fingerprint density at radius 2 is 1.80 bits per heavy atom. The number of pyridine rings is 1. The number of aryl methyl sites for hydroxylation is 1. The van der Waals surface area contributed by atoms with Gasteiger partial charge < -0.3 is 14.8 Å². The van der Waals surface area contributed by atoms with Crippen molar-refractivity contribution in [2.75, 3.05) is 18.5 Å².